The third-order valence-electron chi connectivity index (χ3n) is 7.07. The Hall–Kier alpha value is -2.85. The van der Waals surface area contributed by atoms with E-state index in [1.54, 1.807) is 30.4 Å². The minimum absolute atomic E-state index is 0.0193. The molecule has 0 aliphatic carbocycles. The third-order valence-corrected chi connectivity index (χ3v) is 7.56. The average molecular weight is 723 g/mol. The standard InChI is InChI=1S/C39H63O10P/c1-3-5-7-8-9-10-11-12-16-19-25-31-38(42)47-33-37(34-48-50(44,45)46)49-39(43)32-26-20-24-30-36(41)29-23-18-15-13-14-17-22-28-35(40)27-21-6-4-2/h6,8-9,14-15,17-18,21-24,28-30,35-37,40-41H,3-5,7,10-13,16,19-20,25-27,31-34H2,1-2H3,(H2,44,45,46)/b9-8-,17-14-,18-15-,21-6-,28-22+,29-23+,30-24-/t35-,36-,37+/m0/s1. The molecule has 0 aliphatic heterocycles. The molecule has 10 nitrogen and oxygen atoms in total. The van der Waals surface area contributed by atoms with Gasteiger partial charge in [-0.15, -0.1) is 0 Å². The molecule has 0 unspecified atom stereocenters. The number of phosphoric ester groups is 1. The van der Waals surface area contributed by atoms with E-state index in [2.05, 4.69) is 23.6 Å². The van der Waals surface area contributed by atoms with Crippen LogP contribution >= 0.6 is 7.82 Å². The Morgan fingerprint density at radius 3 is 2.00 bits per heavy atom. The van der Waals surface area contributed by atoms with Crippen LogP contribution in [0.5, 0.6) is 0 Å². The van der Waals surface area contributed by atoms with Crippen LogP contribution in [0, 0.1) is 0 Å². The number of esters is 2. The fourth-order valence-corrected chi connectivity index (χ4v) is 4.69. The van der Waals surface area contributed by atoms with Gasteiger partial charge in [0.05, 0.1) is 18.8 Å². The minimum Gasteiger partial charge on any atom is -0.462 e. The molecule has 0 rings (SSSR count). The maximum Gasteiger partial charge on any atom is 0.469 e. The number of carbonyl (C=O) groups is 2. The first-order valence-electron chi connectivity index (χ1n) is 18.1. The topological polar surface area (TPSA) is 160 Å². The van der Waals surface area contributed by atoms with Gasteiger partial charge in [-0.2, -0.15) is 0 Å². The van der Waals surface area contributed by atoms with Crippen LogP contribution in [0.3, 0.4) is 0 Å². The molecule has 50 heavy (non-hydrogen) atoms. The van der Waals surface area contributed by atoms with Crippen LogP contribution in [0.2, 0.25) is 0 Å². The lowest BCUT2D eigenvalue weighted by molar-refractivity contribution is -0.161. The van der Waals surface area contributed by atoms with Crippen LogP contribution in [0.4, 0.5) is 0 Å². The van der Waals surface area contributed by atoms with E-state index in [0.29, 0.717) is 32.1 Å². The Morgan fingerprint density at radius 1 is 0.660 bits per heavy atom. The van der Waals surface area contributed by atoms with Gasteiger partial charge in [0.25, 0.3) is 0 Å². The summed E-state index contributed by atoms with van der Waals surface area (Å²) < 4.78 is 26.1. The van der Waals surface area contributed by atoms with Gasteiger partial charge >= 0.3 is 19.8 Å². The molecule has 4 N–H and O–H groups in total. The fourth-order valence-electron chi connectivity index (χ4n) is 4.33. The highest BCUT2D eigenvalue weighted by Crippen LogP contribution is 2.35. The first-order chi connectivity index (χ1) is 24.1. The molecule has 0 saturated carbocycles. The van der Waals surface area contributed by atoms with Gasteiger partial charge < -0.3 is 29.5 Å². The Kier molecular flexibility index (Phi) is 31.4. The average Bonchev–Trinajstić information content (AvgIpc) is 3.07. The Morgan fingerprint density at radius 2 is 1.30 bits per heavy atom. The Labute approximate surface area is 300 Å². The van der Waals surface area contributed by atoms with Gasteiger partial charge in [-0.25, -0.2) is 4.57 Å². The smallest absolute Gasteiger partial charge is 0.462 e. The number of hydrogen-bond acceptors (Lipinski definition) is 8. The van der Waals surface area contributed by atoms with Gasteiger partial charge in [-0.05, 0) is 57.8 Å². The molecule has 0 aromatic rings. The van der Waals surface area contributed by atoms with E-state index < -0.39 is 44.7 Å². The summed E-state index contributed by atoms with van der Waals surface area (Å²) in [6, 6.07) is 0. The Balaban J connectivity index is 4.32. The highest BCUT2D eigenvalue weighted by Gasteiger charge is 2.22. The number of phosphoric acid groups is 1. The summed E-state index contributed by atoms with van der Waals surface area (Å²) in [7, 11) is -4.81. The second-order valence-electron chi connectivity index (χ2n) is 11.9. The van der Waals surface area contributed by atoms with Gasteiger partial charge in [0.1, 0.15) is 6.61 Å². The molecule has 0 bridgehead atoms. The predicted molar refractivity (Wildman–Crippen MR) is 200 cm³/mol. The number of ether oxygens (including phenoxy) is 2. The molecule has 0 saturated heterocycles. The van der Waals surface area contributed by atoms with Crippen molar-refractivity contribution in [1.29, 1.82) is 0 Å². The molecular weight excluding hydrogens is 659 g/mol. The highest BCUT2D eigenvalue weighted by molar-refractivity contribution is 7.46. The second kappa shape index (κ2) is 33.3. The van der Waals surface area contributed by atoms with Crippen molar-refractivity contribution in [2.24, 2.45) is 0 Å². The zero-order valence-corrected chi connectivity index (χ0v) is 31.1. The van der Waals surface area contributed by atoms with Crippen molar-refractivity contribution in [3.05, 3.63) is 85.1 Å². The normalized spacial score (nSPS) is 14.8. The maximum atomic E-state index is 12.3. The number of rotatable bonds is 31. The Bertz CT molecular complexity index is 1120. The molecular formula is C39H63O10P. The molecule has 0 aromatic heterocycles. The quantitative estimate of drug-likeness (QED) is 0.0180. The molecule has 0 spiro atoms. The van der Waals surface area contributed by atoms with Gasteiger partial charge in [0, 0.05) is 12.8 Å². The van der Waals surface area contributed by atoms with Gasteiger partial charge in [-0.3, -0.25) is 14.1 Å². The minimum atomic E-state index is -4.81. The van der Waals surface area contributed by atoms with Crippen molar-refractivity contribution in [1.82, 2.24) is 0 Å². The summed E-state index contributed by atoms with van der Waals surface area (Å²) in [4.78, 5) is 42.6. The van der Waals surface area contributed by atoms with Crippen LogP contribution in [0.1, 0.15) is 117 Å². The lowest BCUT2D eigenvalue weighted by Crippen LogP contribution is -2.29. The zero-order valence-electron chi connectivity index (χ0n) is 30.2. The molecule has 0 heterocycles. The van der Waals surface area contributed by atoms with Crippen molar-refractivity contribution in [2.45, 2.75) is 135 Å². The van der Waals surface area contributed by atoms with Crippen molar-refractivity contribution >= 4 is 19.8 Å². The number of carbonyl (C=O) groups excluding carboxylic acids is 2. The van der Waals surface area contributed by atoms with Gasteiger partial charge in [0.2, 0.25) is 0 Å². The molecule has 0 radical (unpaired) electrons. The number of hydrogen-bond donors (Lipinski definition) is 4. The summed E-state index contributed by atoms with van der Waals surface area (Å²) in [6.07, 6.45) is 36.7. The fraction of sp³-hybridized carbons (Fsp3) is 0.590. The van der Waals surface area contributed by atoms with Crippen LogP contribution in [-0.2, 0) is 28.2 Å². The molecule has 0 amide bonds. The van der Waals surface area contributed by atoms with Crippen LogP contribution in [-0.4, -0.2) is 63.5 Å². The molecule has 0 aromatic carbocycles. The number of aliphatic hydroxyl groups is 2. The molecule has 0 aliphatic rings. The summed E-state index contributed by atoms with van der Waals surface area (Å²) >= 11 is 0. The van der Waals surface area contributed by atoms with Gasteiger partial charge in [0.15, 0.2) is 6.10 Å². The van der Waals surface area contributed by atoms with E-state index in [1.165, 1.54) is 12.8 Å². The molecule has 0 fully saturated rings. The van der Waals surface area contributed by atoms with Crippen LogP contribution < -0.4 is 0 Å². The SMILES string of the molecule is CC/C=C\C[C@H](O)/C=C/C=C\C/C=C\C=C\[C@H](O)/C=C\CCCC(=O)O[C@H](COC(=O)CCCCCCC/C=C\CCCC)COP(=O)(O)O. The van der Waals surface area contributed by atoms with E-state index in [-0.39, 0.29) is 19.4 Å². The van der Waals surface area contributed by atoms with Crippen molar-refractivity contribution in [3.8, 4) is 0 Å². The van der Waals surface area contributed by atoms with E-state index in [0.717, 1.165) is 44.9 Å². The zero-order chi connectivity index (χ0) is 37.1. The highest BCUT2D eigenvalue weighted by atomic mass is 31.2. The van der Waals surface area contributed by atoms with E-state index >= 15 is 0 Å². The summed E-state index contributed by atoms with van der Waals surface area (Å²) in [5, 5.41) is 19.9. The summed E-state index contributed by atoms with van der Waals surface area (Å²) in [5.41, 5.74) is 0. The molecule has 11 heteroatoms. The molecule has 3 atom stereocenters. The van der Waals surface area contributed by atoms with E-state index in [4.69, 9.17) is 19.3 Å². The van der Waals surface area contributed by atoms with E-state index in [1.807, 2.05) is 49.5 Å². The van der Waals surface area contributed by atoms with Crippen molar-refractivity contribution in [2.75, 3.05) is 13.2 Å². The van der Waals surface area contributed by atoms with Crippen molar-refractivity contribution in [3.63, 3.8) is 0 Å². The summed E-state index contributed by atoms with van der Waals surface area (Å²) in [6.45, 7) is 3.25. The first kappa shape index (κ1) is 47.1. The van der Waals surface area contributed by atoms with Crippen molar-refractivity contribution < 1.29 is 48.2 Å². The summed E-state index contributed by atoms with van der Waals surface area (Å²) in [5.74, 6) is -1.09. The molecule has 284 valence electrons. The number of unbranched alkanes of at least 4 members (excludes halogenated alkanes) is 8. The van der Waals surface area contributed by atoms with Crippen LogP contribution in [0.15, 0.2) is 85.1 Å². The number of aliphatic hydroxyl groups excluding tert-OH is 2. The first-order valence-corrected chi connectivity index (χ1v) is 19.6. The second-order valence-corrected chi connectivity index (χ2v) is 13.1. The number of allylic oxidation sites excluding steroid dienone is 10. The predicted octanol–water partition coefficient (Wildman–Crippen LogP) is 8.45. The maximum absolute atomic E-state index is 12.3. The van der Waals surface area contributed by atoms with Crippen LogP contribution in [0.25, 0.3) is 0 Å². The lowest BCUT2D eigenvalue weighted by Gasteiger charge is -2.18. The third kappa shape index (κ3) is 35.0. The monoisotopic (exact) mass is 722 g/mol. The van der Waals surface area contributed by atoms with E-state index in [9.17, 15) is 24.4 Å². The largest absolute Gasteiger partial charge is 0.469 e. The van der Waals surface area contributed by atoms with Gasteiger partial charge in [-0.1, -0.05) is 131 Å². The lowest BCUT2D eigenvalue weighted by atomic mass is 10.1.